The van der Waals surface area contributed by atoms with Gasteiger partial charge in [0.2, 0.25) is 0 Å². The van der Waals surface area contributed by atoms with Gasteiger partial charge in [-0.05, 0) is 50.4 Å². The van der Waals surface area contributed by atoms with Crippen molar-refractivity contribution in [2.75, 3.05) is 6.54 Å². The summed E-state index contributed by atoms with van der Waals surface area (Å²) in [7, 11) is 0. The molecule has 104 valence electrons. The van der Waals surface area contributed by atoms with Crippen LogP contribution in [-0.4, -0.2) is 28.6 Å². The third kappa shape index (κ3) is 2.95. The number of hydrogen-bond donors (Lipinski definition) is 1. The Balaban J connectivity index is 2.23. The van der Waals surface area contributed by atoms with Gasteiger partial charge in [0.25, 0.3) is 0 Å². The zero-order valence-corrected chi connectivity index (χ0v) is 11.4. The number of carboxylic acids is 1. The number of aryl methyl sites for hydroxylation is 1. The Morgan fingerprint density at radius 1 is 1.47 bits per heavy atom. The number of carboxylic acid groups (broad SMARTS) is 1. The van der Waals surface area contributed by atoms with Crippen LogP contribution in [0.2, 0.25) is 0 Å². The number of nitrogens with zero attached hydrogens (tertiary/aromatic N) is 1. The number of piperidine rings is 1. The molecule has 1 aliphatic rings. The minimum absolute atomic E-state index is 0.000648. The fraction of sp³-hybridized carbons (Fsp3) is 0.533. The van der Waals surface area contributed by atoms with Crippen LogP contribution in [0.1, 0.15) is 43.4 Å². The van der Waals surface area contributed by atoms with Crippen molar-refractivity contribution in [3.05, 3.63) is 35.1 Å². The van der Waals surface area contributed by atoms with Crippen molar-refractivity contribution in [1.82, 2.24) is 4.90 Å². The molecule has 0 saturated carbocycles. The van der Waals surface area contributed by atoms with E-state index >= 15 is 0 Å². The molecule has 0 aromatic heterocycles. The Hall–Kier alpha value is -1.42. The molecule has 3 nitrogen and oxygen atoms in total. The second kappa shape index (κ2) is 5.70. The molecule has 1 saturated heterocycles. The summed E-state index contributed by atoms with van der Waals surface area (Å²) in [4.78, 5) is 13.3. The Morgan fingerprint density at radius 2 is 2.21 bits per heavy atom. The number of likely N-dealkylation sites (tertiary alicyclic amines) is 1. The van der Waals surface area contributed by atoms with Gasteiger partial charge in [-0.15, -0.1) is 0 Å². The first kappa shape index (κ1) is 14.0. The van der Waals surface area contributed by atoms with Crippen LogP contribution in [0.25, 0.3) is 0 Å². The van der Waals surface area contributed by atoms with E-state index in [0.717, 1.165) is 24.9 Å². The van der Waals surface area contributed by atoms with E-state index in [1.807, 2.05) is 17.9 Å². The van der Waals surface area contributed by atoms with Gasteiger partial charge < -0.3 is 5.11 Å². The van der Waals surface area contributed by atoms with Gasteiger partial charge in [0.05, 0.1) is 0 Å². The van der Waals surface area contributed by atoms with E-state index < -0.39 is 12.0 Å². The van der Waals surface area contributed by atoms with Crippen LogP contribution in [0.5, 0.6) is 0 Å². The van der Waals surface area contributed by atoms with Gasteiger partial charge in [0.1, 0.15) is 11.9 Å². The number of carbonyl (C=O) groups is 1. The normalized spacial score (nSPS) is 22.2. The standard InChI is InChI=1S/C15H20FNO2/c1-10-9-12(6-7-13(10)16)11(2)17-8-4-3-5-14(17)15(18)19/h6-7,9,11,14H,3-5,8H2,1-2H3,(H,18,19). The molecule has 0 aliphatic carbocycles. The quantitative estimate of drug-likeness (QED) is 0.912. The number of halogens is 1. The zero-order valence-electron chi connectivity index (χ0n) is 11.4. The summed E-state index contributed by atoms with van der Waals surface area (Å²) < 4.78 is 13.3. The molecule has 2 atom stereocenters. The van der Waals surface area contributed by atoms with Crippen molar-refractivity contribution in [3.8, 4) is 0 Å². The fourth-order valence-corrected chi connectivity index (χ4v) is 2.80. The number of rotatable bonds is 3. The largest absolute Gasteiger partial charge is 0.480 e. The maximum atomic E-state index is 13.3. The molecule has 19 heavy (non-hydrogen) atoms. The Bertz CT molecular complexity index is 475. The van der Waals surface area contributed by atoms with Gasteiger partial charge >= 0.3 is 5.97 Å². The summed E-state index contributed by atoms with van der Waals surface area (Å²) in [5.74, 6) is -0.977. The summed E-state index contributed by atoms with van der Waals surface area (Å²) in [6, 6.07) is 4.60. The molecule has 0 radical (unpaired) electrons. The van der Waals surface area contributed by atoms with Gasteiger partial charge in [-0.25, -0.2) is 4.39 Å². The van der Waals surface area contributed by atoms with Crippen molar-refractivity contribution < 1.29 is 14.3 Å². The van der Waals surface area contributed by atoms with Gasteiger partial charge in [-0.2, -0.15) is 0 Å². The van der Waals surface area contributed by atoms with Crippen LogP contribution in [-0.2, 0) is 4.79 Å². The average molecular weight is 265 g/mol. The third-order valence-corrected chi connectivity index (χ3v) is 3.99. The summed E-state index contributed by atoms with van der Waals surface area (Å²) in [6.45, 7) is 4.51. The van der Waals surface area contributed by atoms with Crippen LogP contribution in [0.3, 0.4) is 0 Å². The topological polar surface area (TPSA) is 40.5 Å². The molecule has 1 N–H and O–H groups in total. The van der Waals surface area contributed by atoms with Crippen LogP contribution in [0, 0.1) is 12.7 Å². The fourth-order valence-electron chi connectivity index (χ4n) is 2.80. The van der Waals surface area contributed by atoms with Gasteiger partial charge in [-0.3, -0.25) is 9.69 Å². The van der Waals surface area contributed by atoms with Crippen LogP contribution in [0.4, 0.5) is 4.39 Å². The Kier molecular flexibility index (Phi) is 4.20. The van der Waals surface area contributed by atoms with E-state index in [9.17, 15) is 14.3 Å². The molecule has 2 rings (SSSR count). The van der Waals surface area contributed by atoms with Crippen LogP contribution < -0.4 is 0 Å². The molecule has 1 aromatic carbocycles. The second-order valence-electron chi connectivity index (χ2n) is 5.27. The highest BCUT2D eigenvalue weighted by Crippen LogP contribution is 2.29. The monoisotopic (exact) mass is 265 g/mol. The lowest BCUT2D eigenvalue weighted by atomic mass is 9.96. The van der Waals surface area contributed by atoms with Crippen molar-refractivity contribution in [2.45, 2.75) is 45.2 Å². The first-order chi connectivity index (χ1) is 9.00. The molecule has 0 amide bonds. The van der Waals surface area contributed by atoms with Gasteiger partial charge in [-0.1, -0.05) is 18.6 Å². The summed E-state index contributed by atoms with van der Waals surface area (Å²) >= 11 is 0. The predicted octanol–water partition coefficient (Wildman–Crippen LogP) is 3.13. The van der Waals surface area contributed by atoms with Crippen LogP contribution in [0.15, 0.2) is 18.2 Å². The number of benzene rings is 1. The van der Waals surface area contributed by atoms with Crippen molar-refractivity contribution in [1.29, 1.82) is 0 Å². The maximum absolute atomic E-state index is 13.3. The van der Waals surface area contributed by atoms with E-state index in [2.05, 4.69) is 0 Å². The van der Waals surface area contributed by atoms with E-state index in [4.69, 9.17) is 0 Å². The van der Waals surface area contributed by atoms with E-state index in [0.29, 0.717) is 12.0 Å². The summed E-state index contributed by atoms with van der Waals surface area (Å²) in [5.41, 5.74) is 1.58. The maximum Gasteiger partial charge on any atom is 0.320 e. The summed E-state index contributed by atoms with van der Waals surface area (Å²) in [6.07, 6.45) is 2.68. The minimum Gasteiger partial charge on any atom is -0.480 e. The Labute approximate surface area is 113 Å². The molecule has 2 unspecified atom stereocenters. The lowest BCUT2D eigenvalue weighted by molar-refractivity contribution is -0.145. The van der Waals surface area contributed by atoms with E-state index in [-0.39, 0.29) is 11.9 Å². The lowest BCUT2D eigenvalue weighted by Crippen LogP contribution is -2.45. The van der Waals surface area contributed by atoms with Crippen LogP contribution >= 0.6 is 0 Å². The number of hydrogen-bond acceptors (Lipinski definition) is 2. The smallest absolute Gasteiger partial charge is 0.320 e. The van der Waals surface area contributed by atoms with Gasteiger partial charge in [0, 0.05) is 6.04 Å². The highest BCUT2D eigenvalue weighted by Gasteiger charge is 2.32. The van der Waals surface area contributed by atoms with Gasteiger partial charge in [0.15, 0.2) is 0 Å². The second-order valence-corrected chi connectivity index (χ2v) is 5.27. The highest BCUT2D eigenvalue weighted by atomic mass is 19.1. The SMILES string of the molecule is Cc1cc(C(C)N2CCCCC2C(=O)O)ccc1F. The van der Waals surface area contributed by atoms with Crippen molar-refractivity contribution in [3.63, 3.8) is 0 Å². The predicted molar refractivity (Wildman–Crippen MR) is 71.5 cm³/mol. The third-order valence-electron chi connectivity index (χ3n) is 3.99. The molecule has 1 heterocycles. The first-order valence-corrected chi connectivity index (χ1v) is 6.75. The van der Waals surface area contributed by atoms with Crippen molar-refractivity contribution >= 4 is 5.97 Å². The van der Waals surface area contributed by atoms with Crippen molar-refractivity contribution in [2.24, 2.45) is 0 Å². The Morgan fingerprint density at radius 3 is 2.84 bits per heavy atom. The van der Waals surface area contributed by atoms with E-state index in [1.165, 1.54) is 6.07 Å². The first-order valence-electron chi connectivity index (χ1n) is 6.75. The lowest BCUT2D eigenvalue weighted by Gasteiger charge is -2.37. The molecule has 4 heteroatoms. The highest BCUT2D eigenvalue weighted by molar-refractivity contribution is 5.73. The molecular weight excluding hydrogens is 245 g/mol. The zero-order chi connectivity index (χ0) is 14.0. The molecule has 1 fully saturated rings. The molecule has 0 spiro atoms. The molecule has 1 aliphatic heterocycles. The molecule has 1 aromatic rings. The molecular formula is C15H20FNO2. The number of aliphatic carboxylic acids is 1. The molecule has 0 bridgehead atoms. The average Bonchev–Trinajstić information content (AvgIpc) is 2.41. The van der Waals surface area contributed by atoms with E-state index in [1.54, 1.807) is 13.0 Å². The summed E-state index contributed by atoms with van der Waals surface area (Å²) in [5, 5.41) is 9.30. The minimum atomic E-state index is -0.759.